The normalized spacial score (nSPS) is 16.4. The first-order valence-corrected chi connectivity index (χ1v) is 7.03. The molecular formula is C16H21NO4. The van der Waals surface area contributed by atoms with Gasteiger partial charge in [0.15, 0.2) is 0 Å². The smallest absolute Gasteiger partial charge is 0.316 e. The van der Waals surface area contributed by atoms with Crippen LogP contribution in [0, 0.1) is 11.3 Å². The predicted octanol–water partition coefficient (Wildman–Crippen LogP) is 2.15. The Morgan fingerprint density at radius 1 is 1.29 bits per heavy atom. The van der Waals surface area contributed by atoms with Crippen molar-refractivity contribution in [2.75, 3.05) is 13.2 Å². The zero-order valence-electron chi connectivity index (χ0n) is 12.6. The van der Waals surface area contributed by atoms with Crippen molar-refractivity contribution in [1.82, 2.24) is 4.90 Å². The second-order valence-electron chi connectivity index (χ2n) is 6.35. The summed E-state index contributed by atoms with van der Waals surface area (Å²) in [6.45, 7) is 6.46. The largest absolute Gasteiger partial charge is 0.491 e. The minimum atomic E-state index is -1.08. The number of carboxylic acid groups (broad SMARTS) is 1. The summed E-state index contributed by atoms with van der Waals surface area (Å²) in [6, 6.07) is 7.52. The minimum Gasteiger partial charge on any atom is -0.491 e. The lowest BCUT2D eigenvalue weighted by molar-refractivity contribution is -0.156. The fourth-order valence-electron chi connectivity index (χ4n) is 2.54. The van der Waals surface area contributed by atoms with Gasteiger partial charge < -0.3 is 14.7 Å². The van der Waals surface area contributed by atoms with E-state index in [0.29, 0.717) is 19.7 Å². The minimum absolute atomic E-state index is 0.352. The van der Waals surface area contributed by atoms with Crippen molar-refractivity contribution in [1.29, 1.82) is 0 Å². The van der Waals surface area contributed by atoms with Crippen molar-refractivity contribution in [3.8, 4) is 5.75 Å². The molecule has 0 saturated heterocycles. The Balaban J connectivity index is 2.25. The second kappa shape index (κ2) is 5.76. The molecule has 1 heterocycles. The molecule has 1 aromatic carbocycles. The van der Waals surface area contributed by atoms with Gasteiger partial charge in [0.05, 0.1) is 6.54 Å². The first kappa shape index (κ1) is 15.4. The van der Waals surface area contributed by atoms with Crippen LogP contribution in [0.5, 0.6) is 5.75 Å². The summed E-state index contributed by atoms with van der Waals surface area (Å²) in [7, 11) is 0. The van der Waals surface area contributed by atoms with Crippen LogP contribution in [0.25, 0.3) is 0 Å². The molecule has 1 aromatic rings. The quantitative estimate of drug-likeness (QED) is 0.848. The Bertz CT molecular complexity index is 547. The molecule has 5 nitrogen and oxygen atoms in total. The molecule has 0 fully saturated rings. The van der Waals surface area contributed by atoms with E-state index in [1.165, 1.54) is 0 Å². The van der Waals surface area contributed by atoms with Crippen molar-refractivity contribution >= 4 is 11.9 Å². The average Bonchev–Trinajstić information content (AvgIpc) is 2.58. The fourth-order valence-corrected chi connectivity index (χ4v) is 2.54. The maximum absolute atomic E-state index is 12.6. The van der Waals surface area contributed by atoms with Crippen LogP contribution in [-0.2, 0) is 16.1 Å². The van der Waals surface area contributed by atoms with Crippen LogP contribution in [0.3, 0.4) is 0 Å². The number of hydrogen-bond acceptors (Lipinski definition) is 3. The van der Waals surface area contributed by atoms with Gasteiger partial charge in [-0.2, -0.15) is 0 Å². The number of para-hydroxylation sites is 1. The van der Waals surface area contributed by atoms with Gasteiger partial charge >= 0.3 is 5.97 Å². The number of hydrogen-bond donors (Lipinski definition) is 1. The molecule has 0 spiro atoms. The molecule has 5 heteroatoms. The molecule has 1 unspecified atom stereocenters. The number of ether oxygens (including phenoxy) is 1. The molecular weight excluding hydrogens is 270 g/mol. The van der Waals surface area contributed by atoms with Gasteiger partial charge in [-0.05, 0) is 11.5 Å². The van der Waals surface area contributed by atoms with E-state index in [2.05, 4.69) is 0 Å². The lowest BCUT2D eigenvalue weighted by atomic mass is 9.79. The number of rotatable bonds is 2. The summed E-state index contributed by atoms with van der Waals surface area (Å²) < 4.78 is 5.61. The molecule has 1 aliphatic rings. The molecule has 1 amide bonds. The highest BCUT2D eigenvalue weighted by atomic mass is 16.5. The van der Waals surface area contributed by atoms with Gasteiger partial charge in [0.2, 0.25) is 5.91 Å². The van der Waals surface area contributed by atoms with Gasteiger partial charge in [-0.15, -0.1) is 0 Å². The zero-order valence-corrected chi connectivity index (χ0v) is 12.6. The lowest BCUT2D eigenvalue weighted by Gasteiger charge is -2.31. The molecule has 0 aromatic heterocycles. The van der Waals surface area contributed by atoms with Crippen LogP contribution in [0.15, 0.2) is 24.3 Å². The number of benzene rings is 1. The van der Waals surface area contributed by atoms with E-state index in [0.717, 1.165) is 11.3 Å². The van der Waals surface area contributed by atoms with E-state index in [1.807, 2.05) is 24.3 Å². The lowest BCUT2D eigenvalue weighted by Crippen LogP contribution is -2.45. The summed E-state index contributed by atoms with van der Waals surface area (Å²) in [6.07, 6.45) is 0. The number of carboxylic acids is 1. The SMILES string of the molecule is CC(C)(C)C(C(=O)O)C(=O)N1CCOc2ccccc2C1. The monoisotopic (exact) mass is 291 g/mol. The Hall–Kier alpha value is -2.04. The van der Waals surface area contributed by atoms with E-state index < -0.39 is 17.3 Å². The first-order valence-electron chi connectivity index (χ1n) is 7.03. The summed E-state index contributed by atoms with van der Waals surface area (Å²) in [4.78, 5) is 25.7. The molecule has 0 bridgehead atoms. The van der Waals surface area contributed by atoms with Crippen LogP contribution in [0.4, 0.5) is 0 Å². The van der Waals surface area contributed by atoms with Crippen molar-refractivity contribution in [2.24, 2.45) is 11.3 Å². The summed E-state index contributed by atoms with van der Waals surface area (Å²) >= 11 is 0. The third kappa shape index (κ3) is 3.35. The van der Waals surface area contributed by atoms with E-state index in [-0.39, 0.29) is 5.91 Å². The average molecular weight is 291 g/mol. The number of carbonyl (C=O) groups is 2. The molecule has 0 aliphatic carbocycles. The number of nitrogens with zero attached hydrogens (tertiary/aromatic N) is 1. The third-order valence-corrected chi connectivity index (χ3v) is 3.62. The van der Waals surface area contributed by atoms with Gasteiger partial charge in [0.25, 0.3) is 0 Å². The molecule has 1 atom stereocenters. The van der Waals surface area contributed by atoms with Gasteiger partial charge in [0, 0.05) is 12.1 Å². The van der Waals surface area contributed by atoms with E-state index >= 15 is 0 Å². The number of amides is 1. The zero-order chi connectivity index (χ0) is 15.6. The predicted molar refractivity (Wildman–Crippen MR) is 77.9 cm³/mol. The van der Waals surface area contributed by atoms with Crippen molar-refractivity contribution in [2.45, 2.75) is 27.3 Å². The molecule has 0 saturated carbocycles. The molecule has 21 heavy (non-hydrogen) atoms. The Morgan fingerprint density at radius 2 is 1.95 bits per heavy atom. The molecule has 114 valence electrons. The van der Waals surface area contributed by atoms with Gasteiger partial charge in [-0.3, -0.25) is 9.59 Å². The van der Waals surface area contributed by atoms with Gasteiger partial charge in [-0.1, -0.05) is 39.0 Å². The number of aliphatic carboxylic acids is 1. The Labute approximate surface area is 124 Å². The fraction of sp³-hybridized carbons (Fsp3) is 0.500. The summed E-state index contributed by atoms with van der Waals surface area (Å²) in [5.74, 6) is -1.72. The third-order valence-electron chi connectivity index (χ3n) is 3.62. The first-order chi connectivity index (χ1) is 9.80. The maximum Gasteiger partial charge on any atom is 0.316 e. The van der Waals surface area contributed by atoms with Crippen LogP contribution in [0.1, 0.15) is 26.3 Å². The molecule has 1 aliphatic heterocycles. The second-order valence-corrected chi connectivity index (χ2v) is 6.35. The summed E-state index contributed by atoms with van der Waals surface area (Å²) in [5, 5.41) is 9.40. The maximum atomic E-state index is 12.6. The van der Waals surface area contributed by atoms with Crippen molar-refractivity contribution < 1.29 is 19.4 Å². The standard InChI is InChI=1S/C16H21NO4/c1-16(2,3)13(15(19)20)14(18)17-8-9-21-12-7-5-4-6-11(12)10-17/h4-7,13H,8-10H2,1-3H3,(H,19,20). The van der Waals surface area contributed by atoms with Crippen molar-refractivity contribution in [3.05, 3.63) is 29.8 Å². The Kier molecular flexibility index (Phi) is 4.21. The van der Waals surface area contributed by atoms with E-state index in [4.69, 9.17) is 4.74 Å². The Morgan fingerprint density at radius 3 is 2.57 bits per heavy atom. The molecule has 2 rings (SSSR count). The van der Waals surface area contributed by atoms with Crippen LogP contribution < -0.4 is 4.74 Å². The topological polar surface area (TPSA) is 66.8 Å². The van der Waals surface area contributed by atoms with Crippen LogP contribution in [0.2, 0.25) is 0 Å². The highest BCUT2D eigenvalue weighted by molar-refractivity contribution is 5.97. The summed E-state index contributed by atoms with van der Waals surface area (Å²) in [5.41, 5.74) is 0.275. The van der Waals surface area contributed by atoms with Crippen LogP contribution >= 0.6 is 0 Å². The number of fused-ring (bicyclic) bond motifs is 1. The highest BCUT2D eigenvalue weighted by Crippen LogP contribution is 2.30. The van der Waals surface area contributed by atoms with Gasteiger partial charge in [-0.25, -0.2) is 0 Å². The van der Waals surface area contributed by atoms with Crippen molar-refractivity contribution in [3.63, 3.8) is 0 Å². The van der Waals surface area contributed by atoms with E-state index in [9.17, 15) is 14.7 Å². The number of carbonyl (C=O) groups excluding carboxylic acids is 1. The highest BCUT2D eigenvalue weighted by Gasteiger charge is 2.40. The van der Waals surface area contributed by atoms with Gasteiger partial charge in [0.1, 0.15) is 18.3 Å². The molecule has 0 radical (unpaired) electrons. The molecule has 1 N–H and O–H groups in total. The van der Waals surface area contributed by atoms with Crippen LogP contribution in [-0.4, -0.2) is 35.0 Å². The van der Waals surface area contributed by atoms with E-state index in [1.54, 1.807) is 25.7 Å².